The largest absolute Gasteiger partial charge is 0.494 e. The number of anilines is 1. The fraction of sp³-hybridized carbons (Fsp3) is 0.318. The molecule has 4 aromatic rings. The van der Waals surface area contributed by atoms with Gasteiger partial charge >= 0.3 is 0 Å². The third-order valence-corrected chi connectivity index (χ3v) is 5.64. The zero-order chi connectivity index (χ0) is 19.5. The number of rotatable bonds is 8. The Morgan fingerprint density at radius 2 is 2.07 bits per heavy atom. The van der Waals surface area contributed by atoms with Gasteiger partial charge < -0.3 is 14.8 Å². The molecular formula is C22H25N3O2S. The summed E-state index contributed by atoms with van der Waals surface area (Å²) in [5.41, 5.74) is 4.49. The van der Waals surface area contributed by atoms with Crippen molar-refractivity contribution in [2.75, 3.05) is 32.2 Å². The van der Waals surface area contributed by atoms with E-state index in [0.717, 1.165) is 52.9 Å². The molecular weight excluding hydrogens is 370 g/mol. The zero-order valence-electron chi connectivity index (χ0n) is 16.5. The highest BCUT2D eigenvalue weighted by atomic mass is 32.1. The van der Waals surface area contributed by atoms with Crippen molar-refractivity contribution in [3.05, 3.63) is 48.0 Å². The van der Waals surface area contributed by atoms with Gasteiger partial charge in [-0.3, -0.25) is 4.40 Å². The van der Waals surface area contributed by atoms with Crippen molar-refractivity contribution in [2.45, 2.75) is 20.3 Å². The number of hydrogen-bond acceptors (Lipinski definition) is 5. The first-order valence-electron chi connectivity index (χ1n) is 9.59. The number of aryl methyl sites for hydroxylation is 1. The number of imidazole rings is 1. The lowest BCUT2D eigenvalue weighted by molar-refractivity contribution is 0.198. The van der Waals surface area contributed by atoms with Crippen LogP contribution < -0.4 is 10.1 Å². The Kier molecular flexibility index (Phi) is 5.50. The van der Waals surface area contributed by atoms with Crippen LogP contribution in [0.25, 0.3) is 26.4 Å². The quantitative estimate of drug-likeness (QED) is 0.407. The van der Waals surface area contributed by atoms with Crippen LogP contribution in [-0.4, -0.2) is 36.3 Å². The summed E-state index contributed by atoms with van der Waals surface area (Å²) in [6.45, 7) is 6.34. The lowest BCUT2D eigenvalue weighted by atomic mass is 10.1. The average Bonchev–Trinajstić information content (AvgIpc) is 3.21. The van der Waals surface area contributed by atoms with Crippen molar-refractivity contribution < 1.29 is 9.47 Å². The molecule has 0 bridgehead atoms. The SMILES string of the molecule is CCOc1ccc2c(c1)sc1nc(-c3cccc(C)c3)c(NCCCOC)n12. The molecule has 4 rings (SSSR count). The second kappa shape index (κ2) is 8.20. The van der Waals surface area contributed by atoms with Crippen molar-refractivity contribution >= 4 is 32.3 Å². The fourth-order valence-electron chi connectivity index (χ4n) is 3.39. The van der Waals surface area contributed by atoms with Crippen LogP contribution in [-0.2, 0) is 4.74 Å². The minimum absolute atomic E-state index is 0.665. The molecule has 146 valence electrons. The molecule has 0 atom stereocenters. The molecule has 0 aliphatic rings. The van der Waals surface area contributed by atoms with Gasteiger partial charge in [0.15, 0.2) is 4.96 Å². The molecule has 6 heteroatoms. The van der Waals surface area contributed by atoms with Crippen LogP contribution >= 0.6 is 11.3 Å². The Morgan fingerprint density at radius 1 is 1.18 bits per heavy atom. The van der Waals surface area contributed by atoms with Crippen LogP contribution in [0.3, 0.4) is 0 Å². The molecule has 2 aromatic heterocycles. The number of aromatic nitrogens is 2. The summed E-state index contributed by atoms with van der Waals surface area (Å²) >= 11 is 1.69. The van der Waals surface area contributed by atoms with E-state index in [1.165, 1.54) is 10.3 Å². The van der Waals surface area contributed by atoms with Crippen molar-refractivity contribution in [3.63, 3.8) is 0 Å². The second-order valence-electron chi connectivity index (χ2n) is 6.73. The Hall–Kier alpha value is -2.57. The van der Waals surface area contributed by atoms with Crippen molar-refractivity contribution in [3.8, 4) is 17.0 Å². The Labute approximate surface area is 168 Å². The highest BCUT2D eigenvalue weighted by Gasteiger charge is 2.18. The molecule has 0 fully saturated rings. The summed E-state index contributed by atoms with van der Waals surface area (Å²) in [6, 6.07) is 14.7. The molecule has 0 saturated heterocycles. The third kappa shape index (κ3) is 3.57. The Balaban J connectivity index is 1.83. The average molecular weight is 396 g/mol. The highest BCUT2D eigenvalue weighted by molar-refractivity contribution is 7.23. The topological polar surface area (TPSA) is 47.8 Å². The van der Waals surface area contributed by atoms with Gasteiger partial charge in [-0.1, -0.05) is 35.1 Å². The summed E-state index contributed by atoms with van der Waals surface area (Å²) in [5, 5.41) is 3.60. The lowest BCUT2D eigenvalue weighted by Gasteiger charge is -2.09. The maximum atomic E-state index is 5.66. The number of methoxy groups -OCH3 is 1. The minimum atomic E-state index is 0.665. The molecule has 0 spiro atoms. The van der Waals surface area contributed by atoms with E-state index in [1.807, 2.05) is 13.0 Å². The highest BCUT2D eigenvalue weighted by Crippen LogP contribution is 2.37. The number of benzene rings is 2. The Bertz CT molecular complexity index is 1100. The zero-order valence-corrected chi connectivity index (χ0v) is 17.3. The van der Waals surface area contributed by atoms with Gasteiger partial charge in [-0.05, 0) is 44.5 Å². The number of nitrogens with zero attached hydrogens (tertiary/aromatic N) is 2. The number of ether oxygens (including phenoxy) is 2. The van der Waals surface area contributed by atoms with Crippen LogP contribution in [0.5, 0.6) is 5.75 Å². The number of hydrogen-bond donors (Lipinski definition) is 1. The molecule has 0 amide bonds. The van der Waals surface area contributed by atoms with E-state index in [9.17, 15) is 0 Å². The summed E-state index contributed by atoms with van der Waals surface area (Å²) in [5.74, 6) is 1.93. The first-order valence-corrected chi connectivity index (χ1v) is 10.4. The van der Waals surface area contributed by atoms with Gasteiger partial charge in [-0.15, -0.1) is 0 Å². The molecule has 28 heavy (non-hydrogen) atoms. The molecule has 2 heterocycles. The van der Waals surface area contributed by atoms with Crippen LogP contribution in [0.15, 0.2) is 42.5 Å². The predicted molar refractivity (Wildman–Crippen MR) is 117 cm³/mol. The molecule has 2 aromatic carbocycles. The van der Waals surface area contributed by atoms with E-state index in [4.69, 9.17) is 14.5 Å². The molecule has 5 nitrogen and oxygen atoms in total. The van der Waals surface area contributed by atoms with Gasteiger partial charge in [-0.2, -0.15) is 0 Å². The Morgan fingerprint density at radius 3 is 2.86 bits per heavy atom. The van der Waals surface area contributed by atoms with Gasteiger partial charge in [-0.25, -0.2) is 4.98 Å². The van der Waals surface area contributed by atoms with E-state index in [2.05, 4.69) is 53.0 Å². The van der Waals surface area contributed by atoms with E-state index >= 15 is 0 Å². The maximum Gasteiger partial charge on any atom is 0.197 e. The van der Waals surface area contributed by atoms with Crippen molar-refractivity contribution in [2.24, 2.45) is 0 Å². The van der Waals surface area contributed by atoms with Gasteiger partial charge in [0.2, 0.25) is 0 Å². The van der Waals surface area contributed by atoms with Crippen LogP contribution in [0.2, 0.25) is 0 Å². The van der Waals surface area contributed by atoms with E-state index in [0.29, 0.717) is 6.61 Å². The summed E-state index contributed by atoms with van der Waals surface area (Å²) < 4.78 is 14.3. The summed E-state index contributed by atoms with van der Waals surface area (Å²) in [4.78, 5) is 5.96. The molecule has 0 radical (unpaired) electrons. The van der Waals surface area contributed by atoms with Gasteiger partial charge in [0.05, 0.1) is 16.8 Å². The monoisotopic (exact) mass is 395 g/mol. The normalized spacial score (nSPS) is 11.4. The minimum Gasteiger partial charge on any atom is -0.494 e. The number of thiazole rings is 1. The van der Waals surface area contributed by atoms with E-state index in [-0.39, 0.29) is 0 Å². The molecule has 0 unspecified atom stereocenters. The van der Waals surface area contributed by atoms with Crippen LogP contribution in [0, 0.1) is 6.92 Å². The predicted octanol–water partition coefficient (Wildman–Crippen LogP) is 5.37. The number of nitrogens with one attached hydrogen (secondary N) is 1. The number of fused-ring (bicyclic) bond motifs is 3. The van der Waals surface area contributed by atoms with Crippen molar-refractivity contribution in [1.82, 2.24) is 9.38 Å². The van der Waals surface area contributed by atoms with Crippen LogP contribution in [0.4, 0.5) is 5.82 Å². The summed E-state index contributed by atoms with van der Waals surface area (Å²) in [6.07, 6.45) is 0.938. The van der Waals surface area contributed by atoms with E-state index in [1.54, 1.807) is 18.4 Å². The van der Waals surface area contributed by atoms with Gasteiger partial charge in [0.25, 0.3) is 0 Å². The molecule has 0 saturated carbocycles. The molecule has 0 aliphatic carbocycles. The fourth-order valence-corrected chi connectivity index (χ4v) is 4.44. The van der Waals surface area contributed by atoms with Crippen molar-refractivity contribution in [1.29, 1.82) is 0 Å². The first-order chi connectivity index (χ1) is 13.7. The lowest BCUT2D eigenvalue weighted by Crippen LogP contribution is -2.07. The smallest absolute Gasteiger partial charge is 0.197 e. The third-order valence-electron chi connectivity index (χ3n) is 4.64. The van der Waals surface area contributed by atoms with Crippen LogP contribution in [0.1, 0.15) is 18.9 Å². The molecule has 0 aliphatic heterocycles. The first kappa shape index (κ1) is 18.8. The summed E-state index contributed by atoms with van der Waals surface area (Å²) in [7, 11) is 1.73. The van der Waals surface area contributed by atoms with E-state index < -0.39 is 0 Å². The maximum absolute atomic E-state index is 5.66. The second-order valence-corrected chi connectivity index (χ2v) is 7.74. The van der Waals surface area contributed by atoms with Gasteiger partial charge in [0.1, 0.15) is 17.3 Å². The van der Waals surface area contributed by atoms with Gasteiger partial charge in [0, 0.05) is 25.8 Å². The standard InChI is InChI=1S/C22H25N3O2S/c1-4-27-17-9-10-18-19(14-17)28-22-24-20(16-8-5-7-15(2)13-16)21(25(18)22)23-11-6-12-26-3/h5,7-10,13-14,23H,4,6,11-12H2,1-3H3. The molecule has 1 N–H and O–H groups in total.